The summed E-state index contributed by atoms with van der Waals surface area (Å²) in [5.41, 5.74) is 2.02. The summed E-state index contributed by atoms with van der Waals surface area (Å²) in [5.74, 6) is 4.19. The Bertz CT molecular complexity index is 1190. The quantitative estimate of drug-likeness (QED) is 0.237. The van der Waals surface area contributed by atoms with E-state index in [1.54, 1.807) is 25.6 Å². The Morgan fingerprint density at radius 2 is 1.88 bits per heavy atom. The lowest BCUT2D eigenvalue weighted by Gasteiger charge is -2.58. The average molecular weight is 478 g/mol. The van der Waals surface area contributed by atoms with E-state index in [4.69, 9.17) is 9.47 Å². The normalized spacial score (nSPS) is 27.8. The molecule has 3 aliphatic heterocycles. The number of fused-ring (bicyclic) bond motifs is 1. The number of hydrogen-bond acceptors (Lipinski definition) is 6. The fourth-order valence-corrected chi connectivity index (χ4v) is 7.58. The van der Waals surface area contributed by atoms with Crippen molar-refractivity contribution < 1.29 is 14.7 Å². The number of ether oxygens (including phenoxy) is 2. The molecule has 7 heteroatoms. The van der Waals surface area contributed by atoms with Crippen LogP contribution < -0.4 is 9.47 Å². The molecule has 1 N–H and O–H groups in total. The smallest absolute Gasteiger partial charge is 0.175 e. The summed E-state index contributed by atoms with van der Waals surface area (Å²) in [7, 11) is 3.37. The van der Waals surface area contributed by atoms with E-state index in [9.17, 15) is 5.21 Å². The molecule has 6 nitrogen and oxygen atoms in total. The largest absolute Gasteiger partial charge is 0.497 e. The van der Waals surface area contributed by atoms with Crippen LogP contribution in [0.4, 0.5) is 0 Å². The predicted molar refractivity (Wildman–Crippen MR) is 135 cm³/mol. The molecule has 1 aliphatic carbocycles. The van der Waals surface area contributed by atoms with E-state index in [1.807, 2.05) is 12.1 Å². The molecule has 4 bridgehead atoms. The second-order valence-corrected chi connectivity index (χ2v) is 10.9. The number of rotatable bonds is 6. The summed E-state index contributed by atoms with van der Waals surface area (Å²) in [4.78, 5) is 5.01. The van der Waals surface area contributed by atoms with Crippen molar-refractivity contribution in [3.8, 4) is 11.5 Å². The molecule has 4 fully saturated rings. The van der Waals surface area contributed by atoms with E-state index in [1.165, 1.54) is 29.5 Å². The van der Waals surface area contributed by atoms with E-state index in [2.05, 4.69) is 50.7 Å². The van der Waals surface area contributed by atoms with Crippen LogP contribution in [0, 0.1) is 17.8 Å². The van der Waals surface area contributed by atoms with Crippen molar-refractivity contribution in [2.45, 2.75) is 25.4 Å². The summed E-state index contributed by atoms with van der Waals surface area (Å²) >= 11 is 1.72. The second kappa shape index (κ2) is 8.78. The second-order valence-electron chi connectivity index (χ2n) is 9.97. The number of amidine groups is 1. The van der Waals surface area contributed by atoms with Gasteiger partial charge >= 0.3 is 0 Å². The third-order valence-electron chi connectivity index (χ3n) is 8.02. The van der Waals surface area contributed by atoms with Gasteiger partial charge in [-0.3, -0.25) is 0 Å². The van der Waals surface area contributed by atoms with Crippen LogP contribution in [0.2, 0.25) is 0 Å². The number of hydrogen-bond donors (Lipinski definition) is 1. The molecule has 0 radical (unpaired) electrons. The first kappa shape index (κ1) is 21.7. The minimum atomic E-state index is 0.338. The SMILES string of the molecule is COc1ccc(CN(C(=NO)c2ccc3ccsc3c2)C2C3CC4CC2CN(C4)C3)c(OC)c1. The fourth-order valence-electron chi connectivity index (χ4n) is 6.75. The van der Waals surface area contributed by atoms with Gasteiger partial charge in [-0.1, -0.05) is 17.3 Å². The molecule has 7 rings (SSSR count). The van der Waals surface area contributed by atoms with Crippen LogP contribution in [-0.2, 0) is 6.54 Å². The highest BCUT2D eigenvalue weighted by Gasteiger charge is 2.50. The van der Waals surface area contributed by atoms with Crippen molar-refractivity contribution in [1.29, 1.82) is 0 Å². The van der Waals surface area contributed by atoms with E-state index >= 15 is 0 Å². The molecular weight excluding hydrogens is 446 g/mol. The predicted octanol–water partition coefficient (Wildman–Crippen LogP) is 4.90. The van der Waals surface area contributed by atoms with Crippen molar-refractivity contribution in [1.82, 2.24) is 9.80 Å². The summed E-state index contributed by atoms with van der Waals surface area (Å²) in [6.07, 6.45) is 2.52. The first-order valence-corrected chi connectivity index (χ1v) is 12.9. The molecular formula is C27H31N3O3S. The highest BCUT2D eigenvalue weighted by Crippen LogP contribution is 2.46. The van der Waals surface area contributed by atoms with Gasteiger partial charge in [-0.25, -0.2) is 0 Å². The van der Waals surface area contributed by atoms with E-state index < -0.39 is 0 Å². The zero-order valence-electron chi connectivity index (χ0n) is 19.7. The van der Waals surface area contributed by atoms with Crippen LogP contribution in [0.3, 0.4) is 0 Å². The molecule has 1 saturated carbocycles. The number of piperidine rings is 3. The molecule has 3 saturated heterocycles. The van der Waals surface area contributed by atoms with Crippen LogP contribution in [0.1, 0.15) is 24.0 Å². The summed E-state index contributed by atoms with van der Waals surface area (Å²) in [6.45, 7) is 4.15. The highest BCUT2D eigenvalue weighted by molar-refractivity contribution is 7.17. The van der Waals surface area contributed by atoms with E-state index in [0.29, 0.717) is 30.3 Å². The Morgan fingerprint density at radius 1 is 1.06 bits per heavy atom. The van der Waals surface area contributed by atoms with Crippen LogP contribution >= 0.6 is 11.3 Å². The minimum Gasteiger partial charge on any atom is -0.497 e. The number of benzene rings is 2. The van der Waals surface area contributed by atoms with Gasteiger partial charge in [0.05, 0.1) is 14.2 Å². The molecule has 0 amide bonds. The fraction of sp³-hybridized carbons (Fsp3) is 0.444. The van der Waals surface area contributed by atoms with Gasteiger partial charge < -0.3 is 24.5 Å². The molecule has 2 unspecified atom stereocenters. The first-order valence-electron chi connectivity index (χ1n) is 12.1. The maximum absolute atomic E-state index is 10.4. The van der Waals surface area contributed by atoms with Gasteiger partial charge in [0.15, 0.2) is 5.84 Å². The first-order chi connectivity index (χ1) is 16.7. The third-order valence-corrected chi connectivity index (χ3v) is 8.90. The molecule has 178 valence electrons. The summed E-state index contributed by atoms with van der Waals surface area (Å²) in [5, 5.41) is 17.7. The van der Waals surface area contributed by atoms with Gasteiger partial charge in [0.25, 0.3) is 0 Å². The van der Waals surface area contributed by atoms with Crippen molar-refractivity contribution >= 4 is 27.3 Å². The molecule has 3 aromatic rings. The van der Waals surface area contributed by atoms with E-state index in [-0.39, 0.29) is 0 Å². The molecule has 2 atom stereocenters. The van der Waals surface area contributed by atoms with Crippen molar-refractivity contribution in [2.75, 3.05) is 33.9 Å². The Labute approximate surface area is 204 Å². The van der Waals surface area contributed by atoms with Crippen molar-refractivity contribution in [3.63, 3.8) is 0 Å². The van der Waals surface area contributed by atoms with Crippen LogP contribution in [0.5, 0.6) is 11.5 Å². The Morgan fingerprint density at radius 3 is 2.59 bits per heavy atom. The molecule has 34 heavy (non-hydrogen) atoms. The Hall–Kier alpha value is -2.77. The van der Waals surface area contributed by atoms with Gasteiger partial charge in [-0.05, 0) is 65.6 Å². The van der Waals surface area contributed by atoms with Gasteiger partial charge in [-0.2, -0.15) is 0 Å². The molecule has 1 aromatic heterocycles. The maximum Gasteiger partial charge on any atom is 0.175 e. The number of oxime groups is 1. The zero-order valence-corrected chi connectivity index (χ0v) is 20.5. The number of thiophene rings is 1. The van der Waals surface area contributed by atoms with Gasteiger partial charge in [0, 0.05) is 54.1 Å². The van der Waals surface area contributed by atoms with Gasteiger partial charge in [0.2, 0.25) is 0 Å². The number of methoxy groups -OCH3 is 2. The molecule has 0 spiro atoms. The van der Waals surface area contributed by atoms with Crippen molar-refractivity contribution in [2.24, 2.45) is 22.9 Å². The average Bonchev–Trinajstić information content (AvgIpc) is 3.32. The maximum atomic E-state index is 10.4. The summed E-state index contributed by atoms with van der Waals surface area (Å²) in [6, 6.07) is 14.8. The highest BCUT2D eigenvalue weighted by atomic mass is 32.1. The molecule has 4 heterocycles. The topological polar surface area (TPSA) is 57.5 Å². The lowest BCUT2D eigenvalue weighted by atomic mass is 9.64. The van der Waals surface area contributed by atoms with Crippen LogP contribution in [0.25, 0.3) is 10.1 Å². The number of nitrogens with zero attached hydrogens (tertiary/aromatic N) is 3. The van der Waals surface area contributed by atoms with Gasteiger partial charge in [0.1, 0.15) is 11.5 Å². The van der Waals surface area contributed by atoms with E-state index in [0.717, 1.165) is 41.6 Å². The molecule has 4 aliphatic rings. The van der Waals surface area contributed by atoms with Gasteiger partial charge in [-0.15, -0.1) is 11.3 Å². The van der Waals surface area contributed by atoms with Crippen molar-refractivity contribution in [3.05, 3.63) is 59.0 Å². The molecule has 2 aromatic carbocycles. The summed E-state index contributed by atoms with van der Waals surface area (Å²) < 4.78 is 12.4. The lowest BCUT2D eigenvalue weighted by molar-refractivity contribution is -0.0713. The standard InChI is InChI=1S/C27H31N3O3S/c1-32-23-6-5-20(24(12-23)33-2)16-30(26-21-9-17-10-22(26)15-29(13-17)14-21)27(28-31)19-4-3-18-7-8-34-25(18)11-19/h3-8,11-12,17,21-22,26,31H,9-10,13-16H2,1-2H3. The minimum absolute atomic E-state index is 0.338. The Balaban J connectivity index is 1.42. The zero-order chi connectivity index (χ0) is 23.2. The van der Waals surface area contributed by atoms with Crippen LogP contribution in [0.15, 0.2) is 53.0 Å². The monoisotopic (exact) mass is 477 g/mol. The van der Waals surface area contributed by atoms with Crippen LogP contribution in [-0.4, -0.2) is 60.7 Å². The Kier molecular flexibility index (Phi) is 5.62. The third kappa shape index (κ3) is 3.71. The lowest BCUT2D eigenvalue weighted by Crippen LogP contribution is -2.65.